The lowest BCUT2D eigenvalue weighted by Gasteiger charge is -2.19. The molecule has 0 spiro atoms. The fourth-order valence-electron chi connectivity index (χ4n) is 1.99. The number of hydrogen-bond acceptors (Lipinski definition) is 3. The van der Waals surface area contributed by atoms with Crippen molar-refractivity contribution >= 4 is 5.91 Å². The van der Waals surface area contributed by atoms with E-state index in [9.17, 15) is 4.79 Å². The summed E-state index contributed by atoms with van der Waals surface area (Å²) >= 11 is 0. The molecule has 2 N–H and O–H groups in total. The van der Waals surface area contributed by atoms with Gasteiger partial charge in [0.2, 0.25) is 5.91 Å². The Labute approximate surface area is 86.0 Å². The second-order valence-corrected chi connectivity index (χ2v) is 4.49. The van der Waals surface area contributed by atoms with Gasteiger partial charge in [-0.2, -0.15) is 0 Å². The van der Waals surface area contributed by atoms with Crippen LogP contribution in [0, 0.1) is 5.92 Å². The third-order valence-corrected chi connectivity index (χ3v) is 2.61. The molecule has 1 amide bonds. The van der Waals surface area contributed by atoms with E-state index >= 15 is 0 Å². The van der Waals surface area contributed by atoms with E-state index in [-0.39, 0.29) is 11.9 Å². The van der Waals surface area contributed by atoms with Crippen LogP contribution in [0.3, 0.4) is 0 Å². The molecule has 0 unspecified atom stereocenters. The molecule has 0 saturated carbocycles. The zero-order valence-electron chi connectivity index (χ0n) is 9.36. The lowest BCUT2D eigenvalue weighted by molar-refractivity contribution is -0.131. The van der Waals surface area contributed by atoms with Crippen molar-refractivity contribution in [3.05, 3.63) is 0 Å². The Bertz CT molecular complexity index is 204. The molecule has 0 aromatic heterocycles. The monoisotopic (exact) mass is 199 g/mol. The van der Waals surface area contributed by atoms with E-state index in [0.717, 1.165) is 26.1 Å². The Morgan fingerprint density at radius 3 is 2.79 bits per heavy atom. The molecule has 0 aliphatic carbocycles. The summed E-state index contributed by atoms with van der Waals surface area (Å²) in [7, 11) is 4.13. The SMILES string of the molecule is C[C@H](N)C(=O)N1CC[C@H](CN(C)C)C1. The smallest absolute Gasteiger partial charge is 0.239 e. The van der Waals surface area contributed by atoms with E-state index in [2.05, 4.69) is 19.0 Å². The molecule has 2 atom stereocenters. The van der Waals surface area contributed by atoms with Crippen molar-refractivity contribution in [3.63, 3.8) is 0 Å². The zero-order valence-corrected chi connectivity index (χ0v) is 9.36. The average molecular weight is 199 g/mol. The van der Waals surface area contributed by atoms with Crippen LogP contribution in [0.2, 0.25) is 0 Å². The number of amides is 1. The summed E-state index contributed by atoms with van der Waals surface area (Å²) in [5, 5.41) is 0. The van der Waals surface area contributed by atoms with Gasteiger partial charge in [0.1, 0.15) is 0 Å². The first-order chi connectivity index (χ1) is 6.50. The number of likely N-dealkylation sites (tertiary alicyclic amines) is 1. The second-order valence-electron chi connectivity index (χ2n) is 4.49. The lowest BCUT2D eigenvalue weighted by atomic mass is 10.1. The normalized spacial score (nSPS) is 24.4. The minimum atomic E-state index is -0.354. The van der Waals surface area contributed by atoms with Gasteiger partial charge < -0.3 is 15.5 Å². The van der Waals surface area contributed by atoms with Crippen molar-refractivity contribution < 1.29 is 4.79 Å². The molecule has 1 heterocycles. The molecule has 1 fully saturated rings. The summed E-state index contributed by atoms with van der Waals surface area (Å²) in [6.07, 6.45) is 1.11. The van der Waals surface area contributed by atoms with Gasteiger partial charge in [0.25, 0.3) is 0 Å². The molecular weight excluding hydrogens is 178 g/mol. The number of nitrogens with zero attached hydrogens (tertiary/aromatic N) is 2. The van der Waals surface area contributed by atoms with Crippen LogP contribution in [-0.2, 0) is 4.79 Å². The molecule has 4 nitrogen and oxygen atoms in total. The van der Waals surface area contributed by atoms with Gasteiger partial charge in [0.15, 0.2) is 0 Å². The predicted octanol–water partition coefficient (Wildman–Crippen LogP) is -0.256. The maximum atomic E-state index is 11.6. The third-order valence-electron chi connectivity index (χ3n) is 2.61. The number of carbonyl (C=O) groups is 1. The van der Waals surface area contributed by atoms with Gasteiger partial charge in [-0.3, -0.25) is 4.79 Å². The van der Waals surface area contributed by atoms with Crippen LogP contribution in [0.15, 0.2) is 0 Å². The number of rotatable bonds is 3. The zero-order chi connectivity index (χ0) is 10.7. The van der Waals surface area contributed by atoms with E-state index in [1.165, 1.54) is 0 Å². The Morgan fingerprint density at radius 2 is 2.29 bits per heavy atom. The van der Waals surface area contributed by atoms with Gasteiger partial charge in [0, 0.05) is 19.6 Å². The van der Waals surface area contributed by atoms with Crippen molar-refractivity contribution in [1.82, 2.24) is 9.80 Å². The Morgan fingerprint density at radius 1 is 1.64 bits per heavy atom. The van der Waals surface area contributed by atoms with Crippen LogP contribution in [0.25, 0.3) is 0 Å². The summed E-state index contributed by atoms with van der Waals surface area (Å²) in [5.41, 5.74) is 5.56. The van der Waals surface area contributed by atoms with Crippen LogP contribution < -0.4 is 5.73 Å². The van der Waals surface area contributed by atoms with Crippen molar-refractivity contribution in [1.29, 1.82) is 0 Å². The Kier molecular flexibility index (Phi) is 3.89. The fourth-order valence-corrected chi connectivity index (χ4v) is 1.99. The molecule has 0 bridgehead atoms. The summed E-state index contributed by atoms with van der Waals surface area (Å²) in [5.74, 6) is 0.707. The van der Waals surface area contributed by atoms with Gasteiger partial charge in [0.05, 0.1) is 6.04 Å². The molecule has 1 aliphatic heterocycles. The summed E-state index contributed by atoms with van der Waals surface area (Å²) in [4.78, 5) is 15.6. The van der Waals surface area contributed by atoms with Gasteiger partial charge in [-0.15, -0.1) is 0 Å². The molecule has 14 heavy (non-hydrogen) atoms. The largest absolute Gasteiger partial charge is 0.341 e. The minimum Gasteiger partial charge on any atom is -0.341 e. The molecule has 0 radical (unpaired) electrons. The van der Waals surface area contributed by atoms with Crippen LogP contribution in [0.1, 0.15) is 13.3 Å². The van der Waals surface area contributed by atoms with Crippen molar-refractivity contribution in [2.45, 2.75) is 19.4 Å². The molecular formula is C10H21N3O. The molecule has 82 valence electrons. The van der Waals surface area contributed by atoms with Crippen LogP contribution >= 0.6 is 0 Å². The first kappa shape index (κ1) is 11.5. The highest BCUT2D eigenvalue weighted by Crippen LogP contribution is 2.17. The van der Waals surface area contributed by atoms with E-state index in [0.29, 0.717) is 5.92 Å². The molecule has 1 aliphatic rings. The minimum absolute atomic E-state index is 0.0891. The number of carbonyl (C=O) groups excluding carboxylic acids is 1. The van der Waals surface area contributed by atoms with Gasteiger partial charge in [-0.25, -0.2) is 0 Å². The van der Waals surface area contributed by atoms with Crippen LogP contribution in [0.4, 0.5) is 0 Å². The molecule has 0 aromatic rings. The molecule has 1 rings (SSSR count). The fraction of sp³-hybridized carbons (Fsp3) is 0.900. The molecule has 0 aromatic carbocycles. The van der Waals surface area contributed by atoms with Gasteiger partial charge in [-0.1, -0.05) is 0 Å². The first-order valence-corrected chi connectivity index (χ1v) is 5.19. The highest BCUT2D eigenvalue weighted by Gasteiger charge is 2.27. The van der Waals surface area contributed by atoms with E-state index in [1.807, 2.05) is 4.90 Å². The maximum Gasteiger partial charge on any atom is 0.239 e. The highest BCUT2D eigenvalue weighted by atomic mass is 16.2. The second kappa shape index (κ2) is 4.75. The van der Waals surface area contributed by atoms with Crippen molar-refractivity contribution in [2.24, 2.45) is 11.7 Å². The van der Waals surface area contributed by atoms with Gasteiger partial charge in [-0.05, 0) is 33.4 Å². The Balaban J connectivity index is 2.37. The van der Waals surface area contributed by atoms with Crippen molar-refractivity contribution in [2.75, 3.05) is 33.7 Å². The third kappa shape index (κ3) is 2.96. The Hall–Kier alpha value is -0.610. The topological polar surface area (TPSA) is 49.6 Å². The highest BCUT2D eigenvalue weighted by molar-refractivity contribution is 5.81. The summed E-state index contributed by atoms with van der Waals surface area (Å²) in [6, 6.07) is -0.354. The quantitative estimate of drug-likeness (QED) is 0.681. The standard InChI is InChI=1S/C10H21N3O/c1-8(11)10(14)13-5-4-9(7-13)6-12(2)3/h8-9H,4-7,11H2,1-3H3/t8-,9+/m0/s1. The van der Waals surface area contributed by atoms with Crippen molar-refractivity contribution in [3.8, 4) is 0 Å². The van der Waals surface area contributed by atoms with E-state index in [4.69, 9.17) is 5.73 Å². The summed E-state index contributed by atoms with van der Waals surface area (Å²) < 4.78 is 0. The first-order valence-electron chi connectivity index (χ1n) is 5.19. The average Bonchev–Trinajstić information content (AvgIpc) is 2.50. The maximum absolute atomic E-state index is 11.6. The molecule has 1 saturated heterocycles. The predicted molar refractivity (Wildman–Crippen MR) is 56.9 cm³/mol. The van der Waals surface area contributed by atoms with Crippen LogP contribution in [-0.4, -0.2) is 55.5 Å². The van der Waals surface area contributed by atoms with E-state index in [1.54, 1.807) is 6.92 Å². The van der Waals surface area contributed by atoms with Crippen LogP contribution in [0.5, 0.6) is 0 Å². The summed E-state index contributed by atoms with van der Waals surface area (Å²) in [6.45, 7) is 4.56. The number of hydrogen-bond donors (Lipinski definition) is 1. The lowest BCUT2D eigenvalue weighted by Crippen LogP contribution is -2.41. The number of nitrogens with two attached hydrogens (primary N) is 1. The molecule has 4 heteroatoms. The van der Waals surface area contributed by atoms with E-state index < -0.39 is 0 Å². The van der Waals surface area contributed by atoms with Gasteiger partial charge >= 0.3 is 0 Å².